The number of carbonyl (C=O) groups excluding carboxylic acids is 2. The van der Waals surface area contributed by atoms with Gasteiger partial charge < -0.3 is 20.6 Å². The van der Waals surface area contributed by atoms with Crippen LogP contribution in [0.1, 0.15) is 25.7 Å². The van der Waals surface area contributed by atoms with Gasteiger partial charge in [-0.3, -0.25) is 4.79 Å². The highest BCUT2D eigenvalue weighted by molar-refractivity contribution is 5.77. The molecule has 1 rings (SSSR count). The molecular formula is C11H21N3O3. The number of hydrogen-bond donors (Lipinski definition) is 3. The molecule has 98 valence electrons. The summed E-state index contributed by atoms with van der Waals surface area (Å²) in [6.07, 6.45) is 2.92. The zero-order chi connectivity index (χ0) is 12.5. The largest absolute Gasteiger partial charge is 0.396 e. The molecular weight excluding hydrogens is 222 g/mol. The number of urea groups is 1. The lowest BCUT2D eigenvalue weighted by atomic mass is 10.2. The highest BCUT2D eigenvalue weighted by atomic mass is 16.3. The molecule has 0 aromatic rings. The van der Waals surface area contributed by atoms with E-state index in [0.717, 1.165) is 19.3 Å². The minimum atomic E-state index is -0.0535. The van der Waals surface area contributed by atoms with Gasteiger partial charge in [0.1, 0.15) is 0 Å². The van der Waals surface area contributed by atoms with Crippen molar-refractivity contribution in [2.45, 2.75) is 25.7 Å². The summed E-state index contributed by atoms with van der Waals surface area (Å²) in [6, 6.07) is -0.0535. The number of nitrogens with one attached hydrogen (secondary N) is 2. The Morgan fingerprint density at radius 2 is 2.24 bits per heavy atom. The van der Waals surface area contributed by atoms with E-state index in [1.54, 1.807) is 4.90 Å². The average Bonchev–Trinajstić information content (AvgIpc) is 2.71. The molecule has 0 atom stereocenters. The molecule has 3 amide bonds. The molecule has 6 heteroatoms. The van der Waals surface area contributed by atoms with Crippen molar-refractivity contribution in [1.29, 1.82) is 0 Å². The van der Waals surface area contributed by atoms with E-state index in [2.05, 4.69) is 10.6 Å². The van der Waals surface area contributed by atoms with Gasteiger partial charge in [0.15, 0.2) is 0 Å². The van der Waals surface area contributed by atoms with Crippen molar-refractivity contribution in [1.82, 2.24) is 15.5 Å². The average molecular weight is 243 g/mol. The van der Waals surface area contributed by atoms with Crippen LogP contribution in [0.15, 0.2) is 0 Å². The lowest BCUT2D eigenvalue weighted by Crippen LogP contribution is -2.36. The van der Waals surface area contributed by atoms with Crippen LogP contribution in [0.4, 0.5) is 4.79 Å². The Morgan fingerprint density at radius 3 is 2.88 bits per heavy atom. The number of nitrogens with zero attached hydrogens (tertiary/aromatic N) is 1. The SMILES string of the molecule is O=C(CCCCCO)NCCN1CCNC1=O. The zero-order valence-corrected chi connectivity index (χ0v) is 10.1. The Labute approximate surface area is 101 Å². The van der Waals surface area contributed by atoms with Gasteiger partial charge in [0.25, 0.3) is 0 Å². The van der Waals surface area contributed by atoms with E-state index in [0.29, 0.717) is 32.6 Å². The van der Waals surface area contributed by atoms with Crippen LogP contribution in [0, 0.1) is 0 Å². The van der Waals surface area contributed by atoms with Crippen molar-refractivity contribution in [3.8, 4) is 0 Å². The minimum Gasteiger partial charge on any atom is -0.396 e. The maximum Gasteiger partial charge on any atom is 0.317 e. The van der Waals surface area contributed by atoms with Gasteiger partial charge in [0, 0.05) is 39.2 Å². The number of unbranched alkanes of at least 4 members (excludes halogenated alkanes) is 2. The fraction of sp³-hybridized carbons (Fsp3) is 0.818. The van der Waals surface area contributed by atoms with E-state index in [1.807, 2.05) is 0 Å². The van der Waals surface area contributed by atoms with Gasteiger partial charge in [-0.2, -0.15) is 0 Å². The van der Waals surface area contributed by atoms with Crippen LogP contribution in [-0.4, -0.2) is 54.7 Å². The van der Waals surface area contributed by atoms with Crippen molar-refractivity contribution < 1.29 is 14.7 Å². The number of carbonyl (C=O) groups is 2. The minimum absolute atomic E-state index is 0.0162. The summed E-state index contributed by atoms with van der Waals surface area (Å²) in [5, 5.41) is 14.1. The van der Waals surface area contributed by atoms with Gasteiger partial charge in [-0.05, 0) is 12.8 Å². The number of aliphatic hydroxyl groups is 1. The van der Waals surface area contributed by atoms with E-state index in [4.69, 9.17) is 5.11 Å². The molecule has 1 fully saturated rings. The molecule has 0 aromatic carbocycles. The molecule has 1 saturated heterocycles. The van der Waals surface area contributed by atoms with Crippen molar-refractivity contribution in [2.24, 2.45) is 0 Å². The standard InChI is InChI=1S/C11H21N3O3/c15-9-3-1-2-4-10(16)12-5-7-14-8-6-13-11(14)17/h15H,1-9H2,(H,12,16)(H,13,17). The Kier molecular flexibility index (Phi) is 6.39. The van der Waals surface area contributed by atoms with Crippen LogP contribution >= 0.6 is 0 Å². The number of aliphatic hydroxyl groups excluding tert-OH is 1. The summed E-state index contributed by atoms with van der Waals surface area (Å²) in [4.78, 5) is 24.2. The molecule has 3 N–H and O–H groups in total. The number of hydrogen-bond acceptors (Lipinski definition) is 3. The van der Waals surface area contributed by atoms with Crippen LogP contribution < -0.4 is 10.6 Å². The van der Waals surface area contributed by atoms with Gasteiger partial charge in [-0.15, -0.1) is 0 Å². The predicted molar refractivity (Wildman–Crippen MR) is 63.5 cm³/mol. The molecule has 6 nitrogen and oxygen atoms in total. The molecule has 0 saturated carbocycles. The Balaban J connectivity index is 1.98. The molecule has 1 heterocycles. The summed E-state index contributed by atoms with van der Waals surface area (Å²) in [7, 11) is 0. The third-order valence-electron chi connectivity index (χ3n) is 2.71. The first-order valence-electron chi connectivity index (χ1n) is 6.14. The van der Waals surface area contributed by atoms with Gasteiger partial charge in [0.05, 0.1) is 0 Å². The van der Waals surface area contributed by atoms with E-state index in [1.165, 1.54) is 0 Å². The van der Waals surface area contributed by atoms with Crippen molar-refractivity contribution >= 4 is 11.9 Å². The first-order chi connectivity index (χ1) is 8.24. The highest BCUT2D eigenvalue weighted by Crippen LogP contribution is 1.99. The molecule has 0 spiro atoms. The summed E-state index contributed by atoms with van der Waals surface area (Å²) >= 11 is 0. The maximum absolute atomic E-state index is 11.4. The second kappa shape index (κ2) is 7.89. The Hall–Kier alpha value is -1.30. The quantitative estimate of drug-likeness (QED) is 0.511. The molecule has 17 heavy (non-hydrogen) atoms. The monoisotopic (exact) mass is 243 g/mol. The third kappa shape index (κ3) is 5.53. The highest BCUT2D eigenvalue weighted by Gasteiger charge is 2.18. The maximum atomic E-state index is 11.4. The van der Waals surface area contributed by atoms with Gasteiger partial charge in [-0.1, -0.05) is 6.42 Å². The van der Waals surface area contributed by atoms with E-state index in [9.17, 15) is 9.59 Å². The van der Waals surface area contributed by atoms with Gasteiger partial charge in [0.2, 0.25) is 5.91 Å². The normalized spacial score (nSPS) is 14.9. The van der Waals surface area contributed by atoms with Crippen molar-refractivity contribution in [3.05, 3.63) is 0 Å². The molecule has 0 radical (unpaired) electrons. The molecule has 0 bridgehead atoms. The molecule has 0 unspecified atom stereocenters. The fourth-order valence-electron chi connectivity index (χ4n) is 1.72. The summed E-state index contributed by atoms with van der Waals surface area (Å²) in [6.45, 7) is 2.66. The first kappa shape index (κ1) is 13.8. The molecule has 1 aliphatic heterocycles. The van der Waals surface area contributed by atoms with E-state index < -0.39 is 0 Å². The molecule has 1 aliphatic rings. The Morgan fingerprint density at radius 1 is 1.41 bits per heavy atom. The summed E-state index contributed by atoms with van der Waals surface area (Å²) < 4.78 is 0. The molecule has 0 aromatic heterocycles. The van der Waals surface area contributed by atoms with E-state index in [-0.39, 0.29) is 18.5 Å². The Bertz CT molecular complexity index is 258. The van der Waals surface area contributed by atoms with Gasteiger partial charge >= 0.3 is 6.03 Å². The van der Waals surface area contributed by atoms with Crippen LogP contribution in [-0.2, 0) is 4.79 Å². The van der Waals surface area contributed by atoms with E-state index >= 15 is 0 Å². The van der Waals surface area contributed by atoms with Crippen molar-refractivity contribution in [3.63, 3.8) is 0 Å². The lowest BCUT2D eigenvalue weighted by molar-refractivity contribution is -0.121. The third-order valence-corrected chi connectivity index (χ3v) is 2.71. The van der Waals surface area contributed by atoms with Crippen LogP contribution in [0.3, 0.4) is 0 Å². The second-order valence-electron chi connectivity index (χ2n) is 4.10. The first-order valence-corrected chi connectivity index (χ1v) is 6.14. The predicted octanol–water partition coefficient (Wildman–Crippen LogP) is -0.319. The number of rotatable bonds is 8. The molecule has 0 aliphatic carbocycles. The second-order valence-corrected chi connectivity index (χ2v) is 4.10. The zero-order valence-electron chi connectivity index (χ0n) is 10.1. The smallest absolute Gasteiger partial charge is 0.317 e. The van der Waals surface area contributed by atoms with Crippen molar-refractivity contribution in [2.75, 3.05) is 32.8 Å². The fourth-order valence-corrected chi connectivity index (χ4v) is 1.72. The van der Waals surface area contributed by atoms with Gasteiger partial charge in [-0.25, -0.2) is 4.79 Å². The van der Waals surface area contributed by atoms with Crippen LogP contribution in [0.5, 0.6) is 0 Å². The van der Waals surface area contributed by atoms with Crippen LogP contribution in [0.2, 0.25) is 0 Å². The summed E-state index contributed by atoms with van der Waals surface area (Å²) in [5.41, 5.74) is 0. The number of amides is 3. The lowest BCUT2D eigenvalue weighted by Gasteiger charge is -2.14. The van der Waals surface area contributed by atoms with Crippen LogP contribution in [0.25, 0.3) is 0 Å². The summed E-state index contributed by atoms with van der Waals surface area (Å²) in [5.74, 6) is 0.0162. The topological polar surface area (TPSA) is 81.7 Å².